The van der Waals surface area contributed by atoms with Gasteiger partial charge in [0.25, 0.3) is 0 Å². The van der Waals surface area contributed by atoms with E-state index in [0.717, 1.165) is 32.5 Å². The predicted molar refractivity (Wildman–Crippen MR) is 94.4 cm³/mol. The molecule has 1 spiro atoms. The van der Waals surface area contributed by atoms with Crippen LogP contribution in [0, 0.1) is 11.3 Å². The molecule has 6 nitrogen and oxygen atoms in total. The lowest BCUT2D eigenvalue weighted by Gasteiger charge is -2.41. The van der Waals surface area contributed by atoms with E-state index in [-0.39, 0.29) is 11.3 Å². The number of hydrogen-bond acceptors (Lipinski definition) is 4. The minimum atomic E-state index is -0.847. The van der Waals surface area contributed by atoms with Crippen LogP contribution in [-0.4, -0.2) is 60.6 Å². The van der Waals surface area contributed by atoms with Crippen molar-refractivity contribution >= 4 is 17.6 Å². The summed E-state index contributed by atoms with van der Waals surface area (Å²) in [5.41, 5.74) is 1.32. The molecule has 6 heteroatoms. The van der Waals surface area contributed by atoms with E-state index >= 15 is 0 Å². The minimum Gasteiger partial charge on any atom is -0.481 e. The first-order chi connectivity index (χ1) is 12.1. The molecular weight excluding hydrogens is 318 g/mol. The summed E-state index contributed by atoms with van der Waals surface area (Å²) in [5.74, 6) is -1.49. The number of benzene rings is 1. The standard InChI is InChI=1S/C19H25N3O3/c23-17(16-15(18(24)25)12-19(6-7-19)13-20-16)22-10-8-21(9-11-22)14-4-2-1-3-5-14/h1-5,15-16,20H,6-13H2,(H,24,25). The average molecular weight is 343 g/mol. The number of carbonyl (C=O) groups excluding carboxylic acids is 1. The van der Waals surface area contributed by atoms with Crippen LogP contribution >= 0.6 is 0 Å². The number of amides is 1. The van der Waals surface area contributed by atoms with Crippen molar-refractivity contribution in [1.82, 2.24) is 10.2 Å². The highest BCUT2D eigenvalue weighted by Gasteiger charge is 2.52. The van der Waals surface area contributed by atoms with Gasteiger partial charge in [0.05, 0.1) is 5.92 Å². The maximum absolute atomic E-state index is 12.9. The zero-order valence-electron chi connectivity index (χ0n) is 14.4. The molecule has 25 heavy (non-hydrogen) atoms. The van der Waals surface area contributed by atoms with Gasteiger partial charge in [-0.05, 0) is 36.8 Å². The van der Waals surface area contributed by atoms with Crippen molar-refractivity contribution in [3.8, 4) is 0 Å². The SMILES string of the molecule is O=C(O)C1CC2(CC2)CNC1C(=O)N1CCN(c2ccccc2)CC1. The molecule has 1 aromatic carbocycles. The molecule has 0 bridgehead atoms. The Hall–Kier alpha value is -2.08. The molecule has 1 saturated carbocycles. The number of carboxylic acid groups (broad SMARTS) is 1. The third-order valence-electron chi connectivity index (χ3n) is 6.01. The lowest BCUT2D eigenvalue weighted by atomic mass is 9.82. The molecule has 2 unspecified atom stereocenters. The minimum absolute atomic E-state index is 0.0457. The van der Waals surface area contributed by atoms with Crippen LogP contribution in [0.4, 0.5) is 5.69 Å². The van der Waals surface area contributed by atoms with Gasteiger partial charge < -0.3 is 20.2 Å². The van der Waals surface area contributed by atoms with Gasteiger partial charge in [-0.15, -0.1) is 0 Å². The van der Waals surface area contributed by atoms with Gasteiger partial charge in [-0.2, -0.15) is 0 Å². The molecule has 1 aromatic rings. The average Bonchev–Trinajstić information content (AvgIpc) is 3.41. The maximum atomic E-state index is 12.9. The third-order valence-corrected chi connectivity index (χ3v) is 6.01. The number of carboxylic acids is 1. The van der Waals surface area contributed by atoms with E-state index in [2.05, 4.69) is 22.3 Å². The number of nitrogens with zero attached hydrogens (tertiary/aromatic N) is 2. The van der Waals surface area contributed by atoms with Crippen molar-refractivity contribution in [3.63, 3.8) is 0 Å². The van der Waals surface area contributed by atoms with E-state index in [1.165, 1.54) is 5.69 Å². The Morgan fingerprint density at radius 1 is 1.08 bits per heavy atom. The number of rotatable bonds is 3. The van der Waals surface area contributed by atoms with Crippen LogP contribution in [0.25, 0.3) is 0 Å². The molecule has 2 atom stereocenters. The number of piperazine rings is 1. The van der Waals surface area contributed by atoms with Crippen molar-refractivity contribution in [2.24, 2.45) is 11.3 Å². The molecule has 1 aliphatic carbocycles. The number of anilines is 1. The fraction of sp³-hybridized carbons (Fsp3) is 0.579. The fourth-order valence-electron chi connectivity index (χ4n) is 4.19. The molecule has 4 rings (SSSR count). The van der Waals surface area contributed by atoms with Crippen LogP contribution in [0.15, 0.2) is 30.3 Å². The molecule has 0 radical (unpaired) electrons. The Labute approximate surface area is 147 Å². The molecule has 134 valence electrons. The Morgan fingerprint density at radius 3 is 2.36 bits per heavy atom. The second kappa shape index (κ2) is 6.33. The molecule has 3 fully saturated rings. The van der Waals surface area contributed by atoms with Gasteiger partial charge in [0.15, 0.2) is 0 Å². The molecule has 0 aromatic heterocycles. The van der Waals surface area contributed by atoms with Gasteiger partial charge in [-0.3, -0.25) is 9.59 Å². The summed E-state index contributed by atoms with van der Waals surface area (Å²) in [6, 6.07) is 9.61. The summed E-state index contributed by atoms with van der Waals surface area (Å²) in [4.78, 5) is 28.7. The normalized spacial score (nSPS) is 28.0. The van der Waals surface area contributed by atoms with Crippen molar-refractivity contribution in [3.05, 3.63) is 30.3 Å². The summed E-state index contributed by atoms with van der Waals surface area (Å²) in [7, 11) is 0. The summed E-state index contributed by atoms with van der Waals surface area (Å²) in [5, 5.41) is 12.8. The Morgan fingerprint density at radius 2 is 1.76 bits per heavy atom. The van der Waals surface area contributed by atoms with Crippen molar-refractivity contribution in [2.75, 3.05) is 37.6 Å². The van der Waals surface area contributed by atoms with Gasteiger partial charge in [-0.25, -0.2) is 0 Å². The van der Waals surface area contributed by atoms with Crippen LogP contribution in [-0.2, 0) is 9.59 Å². The Bertz CT molecular complexity index is 651. The third kappa shape index (κ3) is 3.23. The highest BCUT2D eigenvalue weighted by Crippen LogP contribution is 2.52. The molecule has 2 saturated heterocycles. The van der Waals surface area contributed by atoms with E-state index in [9.17, 15) is 14.7 Å². The summed E-state index contributed by atoms with van der Waals surface area (Å²) in [6.07, 6.45) is 2.80. The lowest BCUT2D eigenvalue weighted by Crippen LogP contribution is -2.60. The van der Waals surface area contributed by atoms with E-state index in [1.807, 2.05) is 23.1 Å². The highest BCUT2D eigenvalue weighted by molar-refractivity contribution is 5.88. The number of carbonyl (C=O) groups is 2. The van der Waals surface area contributed by atoms with Crippen molar-refractivity contribution in [1.29, 1.82) is 0 Å². The molecule has 2 N–H and O–H groups in total. The highest BCUT2D eigenvalue weighted by atomic mass is 16.4. The number of para-hydroxylation sites is 1. The fourth-order valence-corrected chi connectivity index (χ4v) is 4.19. The largest absolute Gasteiger partial charge is 0.481 e. The van der Waals surface area contributed by atoms with Crippen molar-refractivity contribution < 1.29 is 14.7 Å². The van der Waals surface area contributed by atoms with Crippen LogP contribution < -0.4 is 10.2 Å². The topological polar surface area (TPSA) is 72.9 Å². The van der Waals surface area contributed by atoms with Gasteiger partial charge in [-0.1, -0.05) is 18.2 Å². The monoisotopic (exact) mass is 343 g/mol. The first-order valence-electron chi connectivity index (χ1n) is 9.13. The quantitative estimate of drug-likeness (QED) is 0.862. The maximum Gasteiger partial charge on any atom is 0.308 e. The predicted octanol–water partition coefficient (Wildman–Crippen LogP) is 1.18. The first-order valence-corrected chi connectivity index (χ1v) is 9.13. The van der Waals surface area contributed by atoms with E-state index < -0.39 is 17.9 Å². The summed E-state index contributed by atoms with van der Waals surface area (Å²) >= 11 is 0. The number of aliphatic carboxylic acids is 1. The number of hydrogen-bond donors (Lipinski definition) is 2. The summed E-state index contributed by atoms with van der Waals surface area (Å²) < 4.78 is 0. The van der Waals surface area contributed by atoms with Crippen molar-refractivity contribution in [2.45, 2.75) is 25.3 Å². The Kier molecular flexibility index (Phi) is 4.15. The molecule has 3 aliphatic rings. The van der Waals surface area contributed by atoms with Gasteiger partial charge in [0.2, 0.25) is 5.91 Å². The molecular formula is C19H25N3O3. The van der Waals surface area contributed by atoms with Gasteiger partial charge >= 0.3 is 5.97 Å². The van der Waals surface area contributed by atoms with Crippen LogP contribution in [0.3, 0.4) is 0 Å². The molecule has 1 amide bonds. The first kappa shape index (κ1) is 16.4. The smallest absolute Gasteiger partial charge is 0.308 e. The number of piperidine rings is 1. The second-order valence-corrected chi connectivity index (χ2v) is 7.66. The zero-order valence-corrected chi connectivity index (χ0v) is 14.4. The number of nitrogens with one attached hydrogen (secondary N) is 1. The van der Waals surface area contributed by atoms with Crippen LogP contribution in [0.5, 0.6) is 0 Å². The van der Waals surface area contributed by atoms with Crippen LogP contribution in [0.1, 0.15) is 19.3 Å². The lowest BCUT2D eigenvalue weighted by molar-refractivity contribution is -0.150. The van der Waals surface area contributed by atoms with E-state index in [1.54, 1.807) is 0 Å². The molecule has 2 heterocycles. The van der Waals surface area contributed by atoms with Crippen LogP contribution in [0.2, 0.25) is 0 Å². The Balaban J connectivity index is 1.39. The van der Waals surface area contributed by atoms with E-state index in [0.29, 0.717) is 19.5 Å². The van der Waals surface area contributed by atoms with Gasteiger partial charge in [0.1, 0.15) is 6.04 Å². The molecule has 2 aliphatic heterocycles. The second-order valence-electron chi connectivity index (χ2n) is 7.66. The van der Waals surface area contributed by atoms with Gasteiger partial charge in [0, 0.05) is 38.4 Å². The zero-order chi connectivity index (χ0) is 17.4. The summed E-state index contributed by atoms with van der Waals surface area (Å²) in [6.45, 7) is 3.62. The van der Waals surface area contributed by atoms with E-state index in [4.69, 9.17) is 0 Å².